The molecule has 7 heteroatoms. The van der Waals surface area contributed by atoms with Crippen molar-refractivity contribution in [3.63, 3.8) is 0 Å². The number of hydrogen-bond donors (Lipinski definition) is 3. The van der Waals surface area contributed by atoms with E-state index in [0.717, 1.165) is 11.1 Å². The Morgan fingerprint density at radius 1 is 1.24 bits per heavy atom. The third-order valence-electron chi connectivity index (χ3n) is 3.02. The van der Waals surface area contributed by atoms with Crippen LogP contribution in [-0.2, 0) is 13.1 Å². The molecule has 2 heterocycles. The Morgan fingerprint density at radius 3 is 2.52 bits per heavy atom. The lowest BCUT2D eigenvalue weighted by atomic mass is 10.2. The number of urea groups is 1. The van der Waals surface area contributed by atoms with E-state index in [-0.39, 0.29) is 18.1 Å². The number of thiophene rings is 1. The maximum absolute atomic E-state index is 11.7. The van der Waals surface area contributed by atoms with Gasteiger partial charge in [0.25, 0.3) is 0 Å². The number of carboxylic acids is 1. The lowest BCUT2D eigenvalue weighted by Crippen LogP contribution is -2.34. The summed E-state index contributed by atoms with van der Waals surface area (Å²) in [6.45, 7) is 4.16. The van der Waals surface area contributed by atoms with Gasteiger partial charge in [-0.25, -0.2) is 9.59 Å². The van der Waals surface area contributed by atoms with Gasteiger partial charge in [0.15, 0.2) is 0 Å². The van der Waals surface area contributed by atoms with Gasteiger partial charge in [-0.15, -0.1) is 0 Å². The zero-order valence-electron chi connectivity index (χ0n) is 11.7. The van der Waals surface area contributed by atoms with E-state index in [4.69, 9.17) is 9.52 Å². The zero-order chi connectivity index (χ0) is 15.4. The van der Waals surface area contributed by atoms with E-state index in [1.54, 1.807) is 18.3 Å². The Labute approximate surface area is 125 Å². The van der Waals surface area contributed by atoms with Gasteiger partial charge in [-0.1, -0.05) is 0 Å². The summed E-state index contributed by atoms with van der Waals surface area (Å²) in [4.78, 5) is 22.6. The van der Waals surface area contributed by atoms with Crippen LogP contribution in [-0.4, -0.2) is 17.1 Å². The van der Waals surface area contributed by atoms with Gasteiger partial charge < -0.3 is 20.2 Å². The molecular formula is C14H16N2O4S. The monoisotopic (exact) mass is 308 g/mol. The van der Waals surface area contributed by atoms with Gasteiger partial charge in [0.05, 0.1) is 6.54 Å². The van der Waals surface area contributed by atoms with Crippen molar-refractivity contribution in [2.45, 2.75) is 26.9 Å². The highest BCUT2D eigenvalue weighted by Crippen LogP contribution is 2.14. The molecule has 2 aromatic rings. The quantitative estimate of drug-likeness (QED) is 0.792. The third-order valence-corrected chi connectivity index (χ3v) is 3.93. The number of aromatic carboxylic acids is 1. The predicted molar refractivity (Wildman–Crippen MR) is 78.5 cm³/mol. The first kappa shape index (κ1) is 15.1. The molecule has 112 valence electrons. The number of aryl methyl sites for hydroxylation is 2. The molecule has 6 nitrogen and oxygen atoms in total. The average Bonchev–Trinajstić information content (AvgIpc) is 3.00. The van der Waals surface area contributed by atoms with Gasteiger partial charge in [0.2, 0.25) is 0 Å². The van der Waals surface area contributed by atoms with Crippen molar-refractivity contribution in [3.05, 3.63) is 45.0 Å². The lowest BCUT2D eigenvalue weighted by molar-refractivity contribution is 0.0695. The molecule has 0 atom stereocenters. The van der Waals surface area contributed by atoms with E-state index < -0.39 is 5.97 Å². The molecule has 0 aliphatic heterocycles. The number of carbonyl (C=O) groups is 2. The summed E-state index contributed by atoms with van der Waals surface area (Å²) < 4.78 is 5.27. The first-order valence-electron chi connectivity index (χ1n) is 6.33. The lowest BCUT2D eigenvalue weighted by Gasteiger charge is -2.06. The number of hydrogen-bond acceptors (Lipinski definition) is 4. The second-order valence-electron chi connectivity index (χ2n) is 4.60. The van der Waals surface area contributed by atoms with Gasteiger partial charge in [0, 0.05) is 6.54 Å². The van der Waals surface area contributed by atoms with E-state index in [1.165, 1.54) is 6.07 Å². The van der Waals surface area contributed by atoms with Crippen LogP contribution in [0.1, 0.15) is 33.0 Å². The van der Waals surface area contributed by atoms with E-state index >= 15 is 0 Å². The second kappa shape index (κ2) is 6.45. The summed E-state index contributed by atoms with van der Waals surface area (Å²) in [5, 5.41) is 18.3. The summed E-state index contributed by atoms with van der Waals surface area (Å²) in [6.07, 6.45) is 0. The van der Waals surface area contributed by atoms with E-state index in [9.17, 15) is 9.59 Å². The first-order valence-corrected chi connectivity index (χ1v) is 7.27. The van der Waals surface area contributed by atoms with Gasteiger partial charge in [-0.3, -0.25) is 0 Å². The SMILES string of the molecule is Cc1cscc1CNC(=O)NCc1cc(C(=O)O)c(C)o1. The Morgan fingerprint density at radius 2 is 1.95 bits per heavy atom. The summed E-state index contributed by atoms with van der Waals surface area (Å²) in [7, 11) is 0. The number of amides is 2. The molecule has 0 aromatic carbocycles. The molecule has 0 spiro atoms. The molecule has 2 rings (SSSR count). The van der Waals surface area contributed by atoms with Crippen molar-refractivity contribution in [3.8, 4) is 0 Å². The van der Waals surface area contributed by atoms with Gasteiger partial charge in [0.1, 0.15) is 17.1 Å². The maximum atomic E-state index is 11.7. The van der Waals surface area contributed by atoms with Crippen LogP contribution in [0.2, 0.25) is 0 Å². The number of nitrogens with one attached hydrogen (secondary N) is 2. The standard InChI is InChI=1S/C14H16N2O4S/c1-8-6-21-7-10(8)4-15-14(19)16-5-11-3-12(13(17)18)9(2)20-11/h3,6-7H,4-5H2,1-2H3,(H,17,18)(H2,15,16,19). The Kier molecular flexibility index (Phi) is 4.64. The molecule has 0 aliphatic carbocycles. The van der Waals surface area contributed by atoms with Gasteiger partial charge in [-0.05, 0) is 41.8 Å². The van der Waals surface area contributed by atoms with Crippen LogP contribution in [0.15, 0.2) is 21.2 Å². The molecule has 2 amide bonds. The molecule has 21 heavy (non-hydrogen) atoms. The second-order valence-corrected chi connectivity index (χ2v) is 5.35. The minimum absolute atomic E-state index is 0.112. The van der Waals surface area contributed by atoms with Gasteiger partial charge in [-0.2, -0.15) is 11.3 Å². The van der Waals surface area contributed by atoms with E-state index in [2.05, 4.69) is 10.6 Å². The van der Waals surface area contributed by atoms with Crippen LogP contribution in [0.25, 0.3) is 0 Å². The van der Waals surface area contributed by atoms with Crippen molar-refractivity contribution < 1.29 is 19.1 Å². The fraction of sp³-hybridized carbons (Fsp3) is 0.286. The number of rotatable bonds is 5. The highest BCUT2D eigenvalue weighted by molar-refractivity contribution is 7.08. The summed E-state index contributed by atoms with van der Waals surface area (Å²) in [5.41, 5.74) is 2.34. The Balaban J connectivity index is 1.82. The van der Waals surface area contributed by atoms with Crippen molar-refractivity contribution >= 4 is 23.3 Å². The minimum atomic E-state index is -1.04. The molecule has 0 aliphatic rings. The normalized spacial score (nSPS) is 10.4. The largest absolute Gasteiger partial charge is 0.478 e. The Bertz CT molecular complexity index is 660. The molecule has 0 unspecified atom stereocenters. The zero-order valence-corrected chi connectivity index (χ0v) is 12.5. The van der Waals surface area contributed by atoms with Crippen molar-refractivity contribution in [1.29, 1.82) is 0 Å². The molecule has 0 radical (unpaired) electrons. The van der Waals surface area contributed by atoms with Crippen LogP contribution in [0.4, 0.5) is 4.79 Å². The number of furan rings is 1. The van der Waals surface area contributed by atoms with E-state index in [1.807, 2.05) is 17.7 Å². The third kappa shape index (κ3) is 3.85. The van der Waals surface area contributed by atoms with Gasteiger partial charge >= 0.3 is 12.0 Å². The highest BCUT2D eigenvalue weighted by atomic mass is 32.1. The molecule has 0 bridgehead atoms. The molecule has 3 N–H and O–H groups in total. The number of carbonyl (C=O) groups excluding carboxylic acids is 1. The summed E-state index contributed by atoms with van der Waals surface area (Å²) in [5.74, 6) is -0.305. The average molecular weight is 308 g/mol. The van der Waals surface area contributed by atoms with Crippen molar-refractivity contribution in [2.24, 2.45) is 0 Å². The van der Waals surface area contributed by atoms with Crippen molar-refractivity contribution in [1.82, 2.24) is 10.6 Å². The first-order chi connectivity index (χ1) is 9.97. The molecule has 0 saturated heterocycles. The maximum Gasteiger partial charge on any atom is 0.339 e. The highest BCUT2D eigenvalue weighted by Gasteiger charge is 2.14. The van der Waals surface area contributed by atoms with Crippen LogP contribution in [0.3, 0.4) is 0 Å². The van der Waals surface area contributed by atoms with Crippen LogP contribution in [0.5, 0.6) is 0 Å². The fourth-order valence-corrected chi connectivity index (χ4v) is 2.67. The molecular weight excluding hydrogens is 292 g/mol. The Hall–Kier alpha value is -2.28. The number of carboxylic acid groups (broad SMARTS) is 1. The summed E-state index contributed by atoms with van der Waals surface area (Å²) in [6, 6.07) is 1.09. The van der Waals surface area contributed by atoms with Crippen LogP contribution >= 0.6 is 11.3 Å². The topological polar surface area (TPSA) is 91.6 Å². The molecule has 0 fully saturated rings. The minimum Gasteiger partial charge on any atom is -0.478 e. The fourth-order valence-electron chi connectivity index (χ4n) is 1.82. The molecule has 0 saturated carbocycles. The van der Waals surface area contributed by atoms with Crippen LogP contribution < -0.4 is 10.6 Å². The predicted octanol–water partition coefficient (Wildman–Crippen LogP) is 2.66. The molecule has 2 aromatic heterocycles. The summed E-state index contributed by atoms with van der Waals surface area (Å²) >= 11 is 1.59. The smallest absolute Gasteiger partial charge is 0.339 e. The van der Waals surface area contributed by atoms with Crippen molar-refractivity contribution in [2.75, 3.05) is 0 Å². The van der Waals surface area contributed by atoms with E-state index in [0.29, 0.717) is 18.1 Å². The van der Waals surface area contributed by atoms with Crippen LogP contribution in [0, 0.1) is 13.8 Å².